The number of ether oxygens (including phenoxy) is 1. The number of halogens is 3. The summed E-state index contributed by atoms with van der Waals surface area (Å²) in [4.78, 5) is 3.61. The van der Waals surface area contributed by atoms with Crippen LogP contribution in [0.5, 0.6) is 0 Å². The molecule has 0 saturated carbocycles. The molecule has 1 aromatic heterocycles. The van der Waals surface area contributed by atoms with Crippen molar-refractivity contribution in [3.8, 4) is 6.07 Å². The van der Waals surface area contributed by atoms with Crippen LogP contribution in [0, 0.1) is 11.3 Å². The lowest BCUT2D eigenvalue weighted by atomic mass is 10.6. The first-order chi connectivity index (χ1) is 6.53. The van der Waals surface area contributed by atoms with Crippen molar-refractivity contribution in [2.75, 3.05) is 6.61 Å². The molecule has 76 valence electrons. The first kappa shape index (κ1) is 10.5. The van der Waals surface area contributed by atoms with Gasteiger partial charge >= 0.3 is 6.36 Å². The molecule has 0 aromatic carbocycles. The standard InChI is InChI=1S/C7H6F3N3O/c8-7(9,10)14-4-3-13-2-1-12-6(13)5-11/h1-2H,3-4H2. The molecule has 0 saturated heterocycles. The highest BCUT2D eigenvalue weighted by molar-refractivity contribution is 5.10. The van der Waals surface area contributed by atoms with Gasteiger partial charge in [-0.05, 0) is 0 Å². The molecule has 1 heterocycles. The Morgan fingerprint density at radius 3 is 2.86 bits per heavy atom. The number of rotatable bonds is 3. The van der Waals surface area contributed by atoms with Crippen molar-refractivity contribution in [1.82, 2.24) is 9.55 Å². The molecule has 0 bridgehead atoms. The first-order valence-corrected chi connectivity index (χ1v) is 3.65. The third-order valence-corrected chi connectivity index (χ3v) is 1.41. The lowest BCUT2D eigenvalue weighted by Gasteiger charge is -2.07. The molecule has 0 spiro atoms. The molecule has 14 heavy (non-hydrogen) atoms. The number of aromatic nitrogens is 2. The minimum Gasteiger partial charge on any atom is -0.320 e. The lowest BCUT2D eigenvalue weighted by Crippen LogP contribution is -2.17. The van der Waals surface area contributed by atoms with Crippen LogP contribution in [-0.2, 0) is 11.3 Å². The molecular formula is C7H6F3N3O. The number of nitriles is 1. The summed E-state index contributed by atoms with van der Waals surface area (Å²) in [6, 6.07) is 1.74. The van der Waals surface area contributed by atoms with Gasteiger partial charge in [0.1, 0.15) is 6.07 Å². The van der Waals surface area contributed by atoms with Crippen molar-refractivity contribution in [1.29, 1.82) is 5.26 Å². The van der Waals surface area contributed by atoms with Gasteiger partial charge in [0, 0.05) is 18.9 Å². The summed E-state index contributed by atoms with van der Waals surface area (Å²) in [5.74, 6) is 0.0655. The molecule has 0 aliphatic heterocycles. The monoisotopic (exact) mass is 205 g/mol. The van der Waals surface area contributed by atoms with E-state index < -0.39 is 13.0 Å². The van der Waals surface area contributed by atoms with E-state index in [0.717, 1.165) is 0 Å². The van der Waals surface area contributed by atoms with Gasteiger partial charge in [0.05, 0.1) is 6.61 Å². The molecule has 0 aliphatic carbocycles. The molecule has 0 atom stereocenters. The maximum absolute atomic E-state index is 11.6. The summed E-state index contributed by atoms with van der Waals surface area (Å²) >= 11 is 0. The average Bonchev–Trinajstić information content (AvgIpc) is 2.49. The van der Waals surface area contributed by atoms with E-state index in [1.165, 1.54) is 17.0 Å². The lowest BCUT2D eigenvalue weighted by molar-refractivity contribution is -0.325. The van der Waals surface area contributed by atoms with E-state index in [2.05, 4.69) is 9.72 Å². The average molecular weight is 205 g/mol. The largest absolute Gasteiger partial charge is 0.522 e. The zero-order chi connectivity index (χ0) is 10.6. The Hall–Kier alpha value is -1.55. The minimum atomic E-state index is -4.63. The van der Waals surface area contributed by atoms with Crippen LogP contribution in [0.3, 0.4) is 0 Å². The van der Waals surface area contributed by atoms with E-state index >= 15 is 0 Å². The van der Waals surface area contributed by atoms with E-state index in [9.17, 15) is 13.2 Å². The Morgan fingerprint density at radius 2 is 2.29 bits per heavy atom. The molecule has 0 aliphatic rings. The molecule has 0 N–H and O–H groups in total. The summed E-state index contributed by atoms with van der Waals surface area (Å²) in [6.07, 6.45) is -1.88. The van der Waals surface area contributed by atoms with E-state index in [1.807, 2.05) is 0 Å². The van der Waals surface area contributed by atoms with Gasteiger partial charge in [-0.25, -0.2) is 4.98 Å². The van der Waals surface area contributed by atoms with Crippen molar-refractivity contribution in [2.24, 2.45) is 0 Å². The molecule has 1 rings (SSSR count). The maximum atomic E-state index is 11.6. The van der Waals surface area contributed by atoms with Gasteiger partial charge in [0.25, 0.3) is 0 Å². The number of hydrogen-bond acceptors (Lipinski definition) is 3. The Kier molecular flexibility index (Phi) is 3.09. The molecule has 0 amide bonds. The first-order valence-electron chi connectivity index (χ1n) is 3.65. The van der Waals surface area contributed by atoms with Crippen LogP contribution >= 0.6 is 0 Å². The zero-order valence-electron chi connectivity index (χ0n) is 6.95. The van der Waals surface area contributed by atoms with Crippen LogP contribution in [0.4, 0.5) is 13.2 Å². The SMILES string of the molecule is N#Cc1nccn1CCOC(F)(F)F. The summed E-state index contributed by atoms with van der Waals surface area (Å²) in [5.41, 5.74) is 0. The second kappa shape index (κ2) is 4.11. The molecule has 1 aromatic rings. The Balaban J connectivity index is 2.43. The van der Waals surface area contributed by atoms with Gasteiger partial charge in [-0.1, -0.05) is 0 Å². The maximum Gasteiger partial charge on any atom is 0.522 e. The van der Waals surface area contributed by atoms with E-state index in [1.54, 1.807) is 6.07 Å². The topological polar surface area (TPSA) is 50.8 Å². The molecule has 7 heteroatoms. The van der Waals surface area contributed by atoms with Crippen molar-refractivity contribution in [3.63, 3.8) is 0 Å². The molecular weight excluding hydrogens is 199 g/mol. The Morgan fingerprint density at radius 1 is 1.57 bits per heavy atom. The van der Waals surface area contributed by atoms with Crippen molar-refractivity contribution >= 4 is 0 Å². The fourth-order valence-corrected chi connectivity index (χ4v) is 0.862. The van der Waals surface area contributed by atoms with E-state index in [4.69, 9.17) is 5.26 Å². The number of hydrogen-bond donors (Lipinski definition) is 0. The van der Waals surface area contributed by atoms with E-state index in [-0.39, 0.29) is 12.4 Å². The van der Waals surface area contributed by atoms with Crippen molar-refractivity contribution < 1.29 is 17.9 Å². The summed E-state index contributed by atoms with van der Waals surface area (Å²) in [6.45, 7) is -0.586. The van der Waals surface area contributed by atoms with Crippen molar-refractivity contribution in [2.45, 2.75) is 12.9 Å². The van der Waals surface area contributed by atoms with Gasteiger partial charge < -0.3 is 4.57 Å². The fourth-order valence-electron chi connectivity index (χ4n) is 0.862. The summed E-state index contributed by atoms with van der Waals surface area (Å²) < 4.78 is 39.5. The second-order valence-corrected chi connectivity index (χ2v) is 2.35. The fraction of sp³-hybridized carbons (Fsp3) is 0.429. The summed E-state index contributed by atoms with van der Waals surface area (Å²) in [7, 11) is 0. The van der Waals surface area contributed by atoms with Crippen LogP contribution in [-0.4, -0.2) is 22.5 Å². The predicted molar refractivity (Wildman–Crippen MR) is 38.9 cm³/mol. The molecule has 4 nitrogen and oxygen atoms in total. The normalized spacial score (nSPS) is 11.3. The third kappa shape index (κ3) is 3.06. The van der Waals surface area contributed by atoms with Crippen LogP contribution in [0.1, 0.15) is 5.82 Å². The van der Waals surface area contributed by atoms with Crippen LogP contribution in [0.25, 0.3) is 0 Å². The van der Waals surface area contributed by atoms with Gasteiger partial charge in [-0.3, -0.25) is 4.74 Å². The van der Waals surface area contributed by atoms with Gasteiger partial charge in [-0.15, -0.1) is 13.2 Å². The number of imidazole rings is 1. The highest BCUT2D eigenvalue weighted by Crippen LogP contribution is 2.15. The van der Waals surface area contributed by atoms with Crippen LogP contribution < -0.4 is 0 Å². The number of alkyl halides is 3. The highest BCUT2D eigenvalue weighted by atomic mass is 19.4. The van der Waals surface area contributed by atoms with Crippen LogP contribution in [0.2, 0.25) is 0 Å². The molecule has 0 fully saturated rings. The second-order valence-electron chi connectivity index (χ2n) is 2.35. The van der Waals surface area contributed by atoms with Gasteiger partial charge in [-0.2, -0.15) is 5.26 Å². The quantitative estimate of drug-likeness (QED) is 0.747. The van der Waals surface area contributed by atoms with Gasteiger partial charge in [0.2, 0.25) is 5.82 Å². The Bertz CT molecular complexity index is 339. The third-order valence-electron chi connectivity index (χ3n) is 1.41. The van der Waals surface area contributed by atoms with Crippen LogP contribution in [0.15, 0.2) is 12.4 Å². The summed E-state index contributed by atoms with van der Waals surface area (Å²) in [5, 5.41) is 8.47. The van der Waals surface area contributed by atoms with E-state index in [0.29, 0.717) is 0 Å². The zero-order valence-corrected chi connectivity index (χ0v) is 6.95. The minimum absolute atomic E-state index is 0.0532. The Labute approximate surface area is 77.5 Å². The highest BCUT2D eigenvalue weighted by Gasteiger charge is 2.28. The number of nitrogens with zero attached hydrogens (tertiary/aromatic N) is 3. The van der Waals surface area contributed by atoms with Gasteiger partial charge in [0.15, 0.2) is 0 Å². The molecule has 0 radical (unpaired) electrons. The van der Waals surface area contributed by atoms with Crippen molar-refractivity contribution in [3.05, 3.63) is 18.2 Å². The molecule has 0 unspecified atom stereocenters. The predicted octanol–water partition coefficient (Wildman–Crippen LogP) is 1.29. The smallest absolute Gasteiger partial charge is 0.320 e.